The van der Waals surface area contributed by atoms with E-state index in [1.165, 1.54) is 0 Å². The number of amides is 2. The summed E-state index contributed by atoms with van der Waals surface area (Å²) in [4.78, 5) is 27.9. The highest BCUT2D eigenvalue weighted by Crippen LogP contribution is 2.29. The average molecular weight is 424 g/mol. The second-order valence-electron chi connectivity index (χ2n) is 6.20. The summed E-state index contributed by atoms with van der Waals surface area (Å²) in [6.45, 7) is 9.94. The number of primary amides is 1. The predicted molar refractivity (Wildman–Crippen MR) is 111 cm³/mol. The number of allylic oxidation sites excluding steroid dienone is 3. The lowest BCUT2D eigenvalue weighted by atomic mass is 10.1. The van der Waals surface area contributed by atoms with Crippen molar-refractivity contribution in [3.05, 3.63) is 70.9 Å². The molecule has 1 aliphatic rings. The lowest BCUT2D eigenvalue weighted by Gasteiger charge is -2.37. The van der Waals surface area contributed by atoms with Crippen molar-refractivity contribution in [1.82, 2.24) is 9.80 Å². The monoisotopic (exact) mass is 423 g/mol. The van der Waals surface area contributed by atoms with Crippen LogP contribution in [0.25, 0.3) is 0 Å². The Balaban J connectivity index is 2.05. The Kier molecular flexibility index (Phi) is 7.96. The highest BCUT2D eigenvalue weighted by atomic mass is 35.5. The van der Waals surface area contributed by atoms with Gasteiger partial charge in [-0.3, -0.25) is 4.79 Å². The van der Waals surface area contributed by atoms with Crippen LogP contribution in [-0.4, -0.2) is 48.0 Å². The predicted octanol–water partition coefficient (Wildman–Crippen LogP) is 3.92. The first-order valence-electron chi connectivity index (χ1n) is 8.74. The number of piperazine rings is 1. The maximum Gasteiger partial charge on any atom is 0.405 e. The number of carbonyl (C=O) groups excluding carboxylic acids is 2. The highest BCUT2D eigenvalue weighted by Gasteiger charge is 2.26. The van der Waals surface area contributed by atoms with Crippen molar-refractivity contribution in [2.45, 2.75) is 12.5 Å². The molecule has 1 aromatic rings. The maximum atomic E-state index is 12.8. The van der Waals surface area contributed by atoms with Crippen LogP contribution in [0.15, 0.2) is 55.3 Å². The van der Waals surface area contributed by atoms with Crippen LogP contribution >= 0.6 is 23.2 Å². The molecular formula is C20H23Cl2N3O3. The zero-order valence-electron chi connectivity index (χ0n) is 15.4. The molecule has 2 N–H and O–H groups in total. The van der Waals surface area contributed by atoms with Crippen molar-refractivity contribution in [2.24, 2.45) is 5.73 Å². The summed E-state index contributed by atoms with van der Waals surface area (Å²) in [5.74, 6) is -0.134. The quantitative estimate of drug-likeness (QED) is 0.674. The van der Waals surface area contributed by atoms with E-state index in [1.807, 2.05) is 6.08 Å². The summed E-state index contributed by atoms with van der Waals surface area (Å²) in [5.41, 5.74) is 6.70. The van der Waals surface area contributed by atoms with Crippen LogP contribution < -0.4 is 5.73 Å². The Morgan fingerprint density at radius 3 is 2.32 bits per heavy atom. The molecule has 2 amide bonds. The molecule has 1 atom stereocenters. The first-order chi connectivity index (χ1) is 13.3. The van der Waals surface area contributed by atoms with Crippen molar-refractivity contribution >= 4 is 35.2 Å². The molecule has 8 heteroatoms. The molecule has 0 saturated carbocycles. The van der Waals surface area contributed by atoms with Crippen LogP contribution in [0, 0.1) is 0 Å². The van der Waals surface area contributed by atoms with Crippen molar-refractivity contribution in [1.29, 1.82) is 0 Å². The standard InChI is InChI=1S/C20H23Cl2N3O3/c1-3-5-15(4-2)24-8-10-25(11-9-24)19(26)13-18(28-20(23)27)14-6-7-16(21)17(22)12-14/h3-7,12,18H,1-2,8-11,13H2,(H2,23,27)/b15-5+. The van der Waals surface area contributed by atoms with Gasteiger partial charge in [-0.1, -0.05) is 48.5 Å². The number of nitrogens with zero attached hydrogens (tertiary/aromatic N) is 2. The van der Waals surface area contributed by atoms with E-state index in [0.29, 0.717) is 41.8 Å². The van der Waals surface area contributed by atoms with E-state index in [9.17, 15) is 9.59 Å². The van der Waals surface area contributed by atoms with E-state index in [4.69, 9.17) is 33.7 Å². The Hall–Kier alpha value is -2.44. The molecule has 2 rings (SSSR count). The summed E-state index contributed by atoms with van der Waals surface area (Å²) in [5, 5.41) is 0.681. The zero-order valence-corrected chi connectivity index (χ0v) is 17.0. The lowest BCUT2D eigenvalue weighted by Crippen LogP contribution is -2.48. The van der Waals surface area contributed by atoms with Gasteiger partial charge in [0.2, 0.25) is 5.91 Å². The van der Waals surface area contributed by atoms with Gasteiger partial charge < -0.3 is 20.3 Å². The van der Waals surface area contributed by atoms with Gasteiger partial charge in [0.05, 0.1) is 16.5 Å². The smallest absolute Gasteiger partial charge is 0.405 e. The molecule has 0 spiro atoms. The third kappa shape index (κ3) is 5.78. The number of hydrogen-bond acceptors (Lipinski definition) is 4. The molecular weight excluding hydrogens is 401 g/mol. The average Bonchev–Trinajstić information content (AvgIpc) is 2.67. The van der Waals surface area contributed by atoms with Crippen molar-refractivity contribution in [2.75, 3.05) is 26.2 Å². The first kappa shape index (κ1) is 21.9. The van der Waals surface area contributed by atoms with Crippen molar-refractivity contribution in [3.63, 3.8) is 0 Å². The second kappa shape index (κ2) is 10.2. The third-order valence-corrected chi connectivity index (χ3v) is 5.17. The van der Waals surface area contributed by atoms with E-state index < -0.39 is 12.2 Å². The molecule has 150 valence electrons. The molecule has 1 saturated heterocycles. The topological polar surface area (TPSA) is 75.9 Å². The first-order valence-corrected chi connectivity index (χ1v) is 9.50. The molecule has 1 aliphatic heterocycles. The number of ether oxygens (including phenoxy) is 1. The van der Waals surface area contributed by atoms with Gasteiger partial charge in [0.25, 0.3) is 0 Å². The van der Waals surface area contributed by atoms with Gasteiger partial charge >= 0.3 is 6.09 Å². The van der Waals surface area contributed by atoms with Crippen LogP contribution in [0.1, 0.15) is 18.1 Å². The van der Waals surface area contributed by atoms with Crippen LogP contribution in [0.3, 0.4) is 0 Å². The summed E-state index contributed by atoms with van der Waals surface area (Å²) >= 11 is 12.0. The van der Waals surface area contributed by atoms with Crippen molar-refractivity contribution in [3.8, 4) is 0 Å². The minimum Gasteiger partial charge on any atom is -0.441 e. The van der Waals surface area contributed by atoms with E-state index in [1.54, 1.807) is 35.3 Å². The molecule has 28 heavy (non-hydrogen) atoms. The highest BCUT2D eigenvalue weighted by molar-refractivity contribution is 6.42. The SMILES string of the molecule is C=C/C=C(\C=C)N1CCN(C(=O)CC(OC(N)=O)c2ccc(Cl)c(Cl)c2)CC1. The lowest BCUT2D eigenvalue weighted by molar-refractivity contribution is -0.134. The molecule has 0 bridgehead atoms. The van der Waals surface area contributed by atoms with Gasteiger partial charge in [0.1, 0.15) is 6.10 Å². The minimum atomic E-state index is -0.959. The molecule has 0 aromatic heterocycles. The normalized spacial score (nSPS) is 15.7. The third-order valence-electron chi connectivity index (χ3n) is 4.43. The van der Waals surface area contributed by atoms with Gasteiger partial charge in [0.15, 0.2) is 0 Å². The van der Waals surface area contributed by atoms with Gasteiger partial charge in [-0.25, -0.2) is 4.79 Å². The minimum absolute atomic E-state index is 0.0300. The van der Waals surface area contributed by atoms with Crippen molar-refractivity contribution < 1.29 is 14.3 Å². The van der Waals surface area contributed by atoms with Crippen LogP contribution in [0.2, 0.25) is 10.0 Å². The Bertz CT molecular complexity index is 787. The summed E-state index contributed by atoms with van der Waals surface area (Å²) in [6.07, 6.45) is 3.53. The number of halogens is 2. The largest absolute Gasteiger partial charge is 0.441 e. The Labute approximate surface area is 174 Å². The molecule has 0 radical (unpaired) electrons. The van der Waals surface area contributed by atoms with E-state index in [-0.39, 0.29) is 12.3 Å². The van der Waals surface area contributed by atoms with Gasteiger partial charge in [-0.15, -0.1) is 0 Å². The fourth-order valence-corrected chi connectivity index (χ4v) is 3.31. The molecule has 1 heterocycles. The molecule has 1 unspecified atom stereocenters. The van der Waals surface area contributed by atoms with Crippen LogP contribution in [-0.2, 0) is 9.53 Å². The van der Waals surface area contributed by atoms with Gasteiger partial charge in [-0.2, -0.15) is 0 Å². The van der Waals surface area contributed by atoms with E-state index in [0.717, 1.165) is 5.70 Å². The fourth-order valence-electron chi connectivity index (χ4n) is 3.01. The van der Waals surface area contributed by atoms with Crippen LogP contribution in [0.5, 0.6) is 0 Å². The summed E-state index contributed by atoms with van der Waals surface area (Å²) in [6, 6.07) is 4.81. The van der Waals surface area contributed by atoms with E-state index >= 15 is 0 Å². The number of nitrogens with two attached hydrogens (primary N) is 1. The number of carbonyl (C=O) groups is 2. The zero-order chi connectivity index (χ0) is 20.7. The number of benzene rings is 1. The van der Waals surface area contributed by atoms with Gasteiger partial charge in [0, 0.05) is 31.9 Å². The fraction of sp³-hybridized carbons (Fsp3) is 0.300. The molecule has 1 fully saturated rings. The van der Waals surface area contributed by atoms with Crippen LogP contribution in [0.4, 0.5) is 4.79 Å². The molecule has 1 aromatic carbocycles. The molecule has 0 aliphatic carbocycles. The Morgan fingerprint density at radius 2 is 1.79 bits per heavy atom. The number of hydrogen-bond donors (Lipinski definition) is 1. The molecule has 6 nitrogen and oxygen atoms in total. The maximum absolute atomic E-state index is 12.8. The summed E-state index contributed by atoms with van der Waals surface area (Å²) < 4.78 is 5.15. The second-order valence-corrected chi connectivity index (χ2v) is 7.02. The van der Waals surface area contributed by atoms with E-state index in [2.05, 4.69) is 18.1 Å². The van der Waals surface area contributed by atoms with Gasteiger partial charge in [-0.05, 0) is 29.8 Å². The number of rotatable bonds is 7. The summed E-state index contributed by atoms with van der Waals surface area (Å²) in [7, 11) is 0. The Morgan fingerprint density at radius 1 is 1.14 bits per heavy atom.